The lowest BCUT2D eigenvalue weighted by atomic mass is 9.89. The number of anilines is 1. The summed E-state index contributed by atoms with van der Waals surface area (Å²) in [5, 5.41) is 18.8. The molecule has 2 atom stereocenters. The summed E-state index contributed by atoms with van der Waals surface area (Å²) < 4.78 is 36.8. The molecule has 0 bridgehead atoms. The fourth-order valence-electron chi connectivity index (χ4n) is 5.00. The van der Waals surface area contributed by atoms with Crippen molar-refractivity contribution in [3.8, 4) is 18.1 Å². The Hall–Kier alpha value is -5.65. The van der Waals surface area contributed by atoms with Gasteiger partial charge in [-0.3, -0.25) is 24.5 Å². The zero-order valence-electron chi connectivity index (χ0n) is 32.8. The number of hydrogen-bond acceptors (Lipinski definition) is 14. The second kappa shape index (κ2) is 28.7. The molecule has 0 aliphatic heterocycles. The highest BCUT2D eigenvalue weighted by Crippen LogP contribution is 2.21. The number of rotatable bonds is 30. The highest BCUT2D eigenvalue weighted by molar-refractivity contribution is 5.97. The summed E-state index contributed by atoms with van der Waals surface area (Å²) in [6, 6.07) is 9.69. The Morgan fingerprint density at radius 3 is 1.98 bits per heavy atom. The van der Waals surface area contributed by atoms with Gasteiger partial charge >= 0.3 is 12.2 Å². The number of amides is 4. The maximum absolute atomic E-state index is 13.5. The number of nitro benzene ring substituents is 1. The average molecular weight is 816 g/mol. The molecule has 0 fully saturated rings. The van der Waals surface area contributed by atoms with Crippen LogP contribution in [0.15, 0.2) is 48.5 Å². The Balaban J connectivity index is 1.81. The van der Waals surface area contributed by atoms with E-state index in [9.17, 15) is 34.1 Å². The summed E-state index contributed by atoms with van der Waals surface area (Å²) in [6.07, 6.45) is 4.45. The third-order valence-electron chi connectivity index (χ3n) is 7.91. The molecule has 19 nitrogen and oxygen atoms in total. The normalized spacial score (nSPS) is 11.8. The van der Waals surface area contributed by atoms with Crippen molar-refractivity contribution in [2.75, 3.05) is 77.9 Å². The van der Waals surface area contributed by atoms with E-state index in [2.05, 4.69) is 21.9 Å². The first-order valence-corrected chi connectivity index (χ1v) is 18.6. The van der Waals surface area contributed by atoms with Gasteiger partial charge in [-0.25, -0.2) is 9.59 Å². The summed E-state index contributed by atoms with van der Waals surface area (Å²) in [6.45, 7) is 6.20. The molecule has 0 spiro atoms. The van der Waals surface area contributed by atoms with Gasteiger partial charge < -0.3 is 54.8 Å². The minimum absolute atomic E-state index is 0.0674. The third-order valence-corrected chi connectivity index (χ3v) is 7.91. The lowest BCUT2D eigenvalue weighted by Gasteiger charge is -2.24. The zero-order chi connectivity index (χ0) is 42.5. The number of carbonyl (C=O) groups excluding carboxylic acids is 5. The van der Waals surface area contributed by atoms with Crippen LogP contribution in [-0.4, -0.2) is 113 Å². The summed E-state index contributed by atoms with van der Waals surface area (Å²) in [4.78, 5) is 73.1. The molecule has 58 heavy (non-hydrogen) atoms. The van der Waals surface area contributed by atoms with Crippen molar-refractivity contribution in [3.05, 3.63) is 64.2 Å². The highest BCUT2D eigenvalue weighted by Gasteiger charge is 2.29. The van der Waals surface area contributed by atoms with E-state index in [1.807, 2.05) is 0 Å². The monoisotopic (exact) mass is 815 g/mol. The van der Waals surface area contributed by atoms with E-state index in [1.165, 1.54) is 24.3 Å². The number of benzene rings is 2. The smallest absolute Gasteiger partial charge is 0.429 e. The van der Waals surface area contributed by atoms with Crippen LogP contribution in [0.25, 0.3) is 0 Å². The van der Waals surface area contributed by atoms with E-state index in [-0.39, 0.29) is 75.6 Å². The molecule has 2 rings (SSSR count). The van der Waals surface area contributed by atoms with E-state index in [4.69, 9.17) is 45.3 Å². The molecule has 0 saturated heterocycles. The molecule has 19 heteroatoms. The predicted molar refractivity (Wildman–Crippen MR) is 209 cm³/mol. The summed E-state index contributed by atoms with van der Waals surface area (Å²) >= 11 is 0. The van der Waals surface area contributed by atoms with Gasteiger partial charge in [-0.1, -0.05) is 31.9 Å². The van der Waals surface area contributed by atoms with Gasteiger partial charge in [0.25, 0.3) is 5.69 Å². The quantitative estimate of drug-likeness (QED) is 0.0221. The van der Waals surface area contributed by atoms with Gasteiger partial charge in [0.15, 0.2) is 5.78 Å². The summed E-state index contributed by atoms with van der Waals surface area (Å²) in [7, 11) is 0. The number of nitro groups is 1. The van der Waals surface area contributed by atoms with Crippen LogP contribution >= 0.6 is 0 Å². The fraction of sp³-hybridized carbons (Fsp3) is 0.513. The standard InChI is InChI=1S/C39H53N5O14/c1-4-16-52-17-18-53-19-20-54-21-22-55-23-24-56-27-35(46)43-36(28(2)3)34(45)25-30(6-5-15-41-38(40)48)37(47)42-31-9-7-29(8-10-31)26-57-39(49)58-33-13-11-32(12-14-33)44(50)51/h1,7-14,28,30,36H,5-6,15-27H2,2-3H3,(H,42,47)(H,43,46)(H3,40,41,48)/t30?,36-/m1/s1. The number of carbonyl (C=O) groups is 5. The van der Waals surface area contributed by atoms with Crippen molar-refractivity contribution < 1.29 is 62.1 Å². The van der Waals surface area contributed by atoms with E-state index < -0.39 is 40.9 Å². The minimum Gasteiger partial charge on any atom is -0.429 e. The second-order valence-corrected chi connectivity index (χ2v) is 12.8. The van der Waals surface area contributed by atoms with Crippen molar-refractivity contribution in [1.82, 2.24) is 10.6 Å². The number of primary amides is 1. The van der Waals surface area contributed by atoms with Gasteiger partial charge in [-0.2, -0.15) is 0 Å². The first-order chi connectivity index (χ1) is 27.9. The van der Waals surface area contributed by atoms with Crippen LogP contribution in [0.3, 0.4) is 0 Å². The maximum atomic E-state index is 13.5. The molecule has 0 aliphatic carbocycles. The molecule has 0 radical (unpaired) electrons. The van der Waals surface area contributed by atoms with Gasteiger partial charge in [0, 0.05) is 36.7 Å². The Morgan fingerprint density at radius 1 is 0.845 bits per heavy atom. The Bertz CT molecular complexity index is 1620. The molecule has 1 unspecified atom stereocenters. The molecule has 2 aromatic rings. The number of Topliss-reactive ketones (excluding diaryl/α,β-unsaturated/α-hetero) is 1. The second-order valence-electron chi connectivity index (χ2n) is 12.8. The van der Waals surface area contributed by atoms with Crippen molar-refractivity contribution in [2.45, 2.75) is 45.8 Å². The summed E-state index contributed by atoms with van der Waals surface area (Å²) in [5.74, 6) is 0.00235. The number of urea groups is 1. The molecule has 0 saturated carbocycles. The van der Waals surface area contributed by atoms with E-state index in [0.29, 0.717) is 57.3 Å². The molecule has 0 heterocycles. The number of terminal acetylenes is 1. The lowest BCUT2D eigenvalue weighted by Crippen LogP contribution is -2.47. The Morgan fingerprint density at radius 2 is 1.43 bits per heavy atom. The molecule has 318 valence electrons. The molecule has 5 N–H and O–H groups in total. The average Bonchev–Trinajstić information content (AvgIpc) is 3.19. The zero-order valence-corrected chi connectivity index (χ0v) is 32.8. The number of ketones is 1. The van der Waals surface area contributed by atoms with Crippen molar-refractivity contribution >= 4 is 41.2 Å². The van der Waals surface area contributed by atoms with Crippen molar-refractivity contribution in [1.29, 1.82) is 0 Å². The van der Waals surface area contributed by atoms with Gasteiger partial charge in [-0.15, -0.1) is 6.42 Å². The predicted octanol–water partition coefficient (Wildman–Crippen LogP) is 3.13. The molecular weight excluding hydrogens is 762 g/mol. The number of hydrogen-bond donors (Lipinski definition) is 4. The van der Waals surface area contributed by atoms with E-state index in [0.717, 1.165) is 0 Å². The number of nitrogens with zero attached hydrogens (tertiary/aromatic N) is 1. The number of nitrogens with two attached hydrogens (primary N) is 1. The molecule has 0 aromatic heterocycles. The molecule has 2 aromatic carbocycles. The third kappa shape index (κ3) is 21.6. The SMILES string of the molecule is C#CCOCCOCCOCCOCCOCC(=O)N[C@@H](C(=O)CC(CCCNC(N)=O)C(=O)Nc1ccc(COC(=O)Oc2ccc([N+](=O)[O-])cc2)cc1)C(C)C. The van der Waals surface area contributed by atoms with Crippen LogP contribution in [0.2, 0.25) is 0 Å². The maximum Gasteiger partial charge on any atom is 0.514 e. The largest absolute Gasteiger partial charge is 0.514 e. The van der Waals surface area contributed by atoms with Gasteiger partial charge in [-0.05, 0) is 48.6 Å². The highest BCUT2D eigenvalue weighted by atomic mass is 16.7. The topological polar surface area (TPSA) is 255 Å². The van der Waals surface area contributed by atoms with Crippen LogP contribution in [0.5, 0.6) is 5.75 Å². The van der Waals surface area contributed by atoms with E-state index in [1.54, 1.807) is 38.1 Å². The van der Waals surface area contributed by atoms with Crippen molar-refractivity contribution in [2.24, 2.45) is 17.6 Å². The van der Waals surface area contributed by atoms with Gasteiger partial charge in [0.1, 0.15) is 25.6 Å². The number of nitrogens with one attached hydrogen (secondary N) is 3. The first-order valence-electron chi connectivity index (χ1n) is 18.6. The van der Waals surface area contributed by atoms with Crippen LogP contribution < -0.4 is 26.4 Å². The Kier molecular flexibility index (Phi) is 24.0. The number of ether oxygens (including phenoxy) is 7. The van der Waals surface area contributed by atoms with E-state index >= 15 is 0 Å². The molecule has 0 aliphatic rings. The molecule has 4 amide bonds. The van der Waals surface area contributed by atoms with Crippen LogP contribution in [0.1, 0.15) is 38.7 Å². The van der Waals surface area contributed by atoms with Gasteiger partial charge in [0.05, 0.1) is 63.8 Å². The van der Waals surface area contributed by atoms with Crippen LogP contribution in [-0.2, 0) is 49.4 Å². The van der Waals surface area contributed by atoms with Gasteiger partial charge in [0.2, 0.25) is 11.8 Å². The lowest BCUT2D eigenvalue weighted by molar-refractivity contribution is -0.384. The Labute approximate surface area is 337 Å². The van der Waals surface area contributed by atoms with Crippen LogP contribution in [0.4, 0.5) is 21.0 Å². The van der Waals surface area contributed by atoms with Crippen molar-refractivity contribution in [3.63, 3.8) is 0 Å². The van der Waals surface area contributed by atoms with Crippen LogP contribution in [0, 0.1) is 34.3 Å². The molecular formula is C39H53N5O14. The number of non-ortho nitro benzene ring substituents is 1. The summed E-state index contributed by atoms with van der Waals surface area (Å²) in [5.41, 5.74) is 5.97. The first kappa shape index (κ1) is 48.5. The fourth-order valence-corrected chi connectivity index (χ4v) is 5.00. The minimum atomic E-state index is -1.02.